The monoisotopic (exact) mass is 263 g/mol. The zero-order chi connectivity index (χ0) is 11.1. The molecule has 0 heterocycles. The Bertz CT molecular complexity index is 380. The predicted molar refractivity (Wildman–Crippen MR) is 66.0 cm³/mol. The standard InChI is InChI=1S/C11H12Cl3N/c12-5-8-4-11(8,6-15)7-1-2-9(13)10(14)3-7/h1-3,8H,4-6,15H2/t8-,11+/m0/s1. The first-order chi connectivity index (χ1) is 7.14. The van der Waals surface area contributed by atoms with Crippen LogP contribution in [0.1, 0.15) is 12.0 Å². The molecule has 0 aromatic heterocycles. The quantitative estimate of drug-likeness (QED) is 0.832. The molecule has 1 aromatic carbocycles. The van der Waals surface area contributed by atoms with Gasteiger partial charge in [0.15, 0.2) is 0 Å². The molecule has 4 heteroatoms. The predicted octanol–water partition coefficient (Wildman–Crippen LogP) is 3.45. The Hall–Kier alpha value is 0.0500. The van der Waals surface area contributed by atoms with Crippen LogP contribution in [0.3, 0.4) is 0 Å². The van der Waals surface area contributed by atoms with Gasteiger partial charge in [0.05, 0.1) is 10.0 Å². The van der Waals surface area contributed by atoms with E-state index in [1.54, 1.807) is 0 Å². The number of hydrogen-bond acceptors (Lipinski definition) is 1. The van der Waals surface area contributed by atoms with Crippen molar-refractivity contribution < 1.29 is 0 Å². The molecule has 0 amide bonds. The second-order valence-corrected chi connectivity index (χ2v) is 5.17. The van der Waals surface area contributed by atoms with E-state index in [1.165, 1.54) is 0 Å². The van der Waals surface area contributed by atoms with Gasteiger partial charge in [0.1, 0.15) is 0 Å². The van der Waals surface area contributed by atoms with Crippen molar-refractivity contribution in [1.82, 2.24) is 0 Å². The number of halogens is 3. The van der Waals surface area contributed by atoms with Crippen molar-refractivity contribution >= 4 is 34.8 Å². The maximum atomic E-state index is 5.99. The Morgan fingerprint density at radius 1 is 1.33 bits per heavy atom. The molecule has 1 saturated carbocycles. The molecule has 1 nitrogen and oxygen atoms in total. The van der Waals surface area contributed by atoms with Gasteiger partial charge >= 0.3 is 0 Å². The Labute approximate surface area is 104 Å². The van der Waals surface area contributed by atoms with Crippen molar-refractivity contribution in [2.24, 2.45) is 11.7 Å². The molecule has 15 heavy (non-hydrogen) atoms. The molecule has 0 unspecified atom stereocenters. The fourth-order valence-electron chi connectivity index (χ4n) is 2.11. The summed E-state index contributed by atoms with van der Waals surface area (Å²) < 4.78 is 0. The molecule has 0 bridgehead atoms. The highest BCUT2D eigenvalue weighted by Crippen LogP contribution is 2.54. The van der Waals surface area contributed by atoms with Crippen LogP contribution in [0.2, 0.25) is 10.0 Å². The minimum Gasteiger partial charge on any atom is -0.330 e. The van der Waals surface area contributed by atoms with E-state index in [9.17, 15) is 0 Å². The fourth-order valence-corrected chi connectivity index (χ4v) is 2.81. The zero-order valence-electron chi connectivity index (χ0n) is 8.14. The lowest BCUT2D eigenvalue weighted by Gasteiger charge is -2.15. The molecule has 2 rings (SSSR count). The molecule has 82 valence electrons. The van der Waals surface area contributed by atoms with Crippen molar-refractivity contribution in [3.63, 3.8) is 0 Å². The Morgan fingerprint density at radius 2 is 2.07 bits per heavy atom. The van der Waals surface area contributed by atoms with Crippen LogP contribution >= 0.6 is 34.8 Å². The SMILES string of the molecule is NC[C@@]1(c2ccc(Cl)c(Cl)c2)C[C@H]1CCl. The Balaban J connectivity index is 2.33. The van der Waals surface area contributed by atoms with Gasteiger partial charge in [0.25, 0.3) is 0 Å². The van der Waals surface area contributed by atoms with Gasteiger partial charge in [0.2, 0.25) is 0 Å². The highest BCUT2D eigenvalue weighted by atomic mass is 35.5. The largest absolute Gasteiger partial charge is 0.330 e. The summed E-state index contributed by atoms with van der Waals surface area (Å²) >= 11 is 17.7. The van der Waals surface area contributed by atoms with Gasteiger partial charge in [-0.25, -0.2) is 0 Å². The molecule has 2 atom stereocenters. The maximum Gasteiger partial charge on any atom is 0.0595 e. The summed E-state index contributed by atoms with van der Waals surface area (Å²) in [6.07, 6.45) is 1.05. The van der Waals surface area contributed by atoms with Crippen LogP contribution in [-0.2, 0) is 5.41 Å². The van der Waals surface area contributed by atoms with Crippen molar-refractivity contribution in [3.8, 4) is 0 Å². The lowest BCUT2D eigenvalue weighted by molar-refractivity contribution is 0.644. The molecule has 0 aliphatic heterocycles. The van der Waals surface area contributed by atoms with Crippen LogP contribution in [0, 0.1) is 5.92 Å². The summed E-state index contributed by atoms with van der Waals surface area (Å²) in [5.74, 6) is 1.12. The van der Waals surface area contributed by atoms with Crippen molar-refractivity contribution in [2.75, 3.05) is 12.4 Å². The molecule has 2 N–H and O–H groups in total. The van der Waals surface area contributed by atoms with E-state index in [0.29, 0.717) is 28.4 Å². The molecule has 1 aliphatic rings. The topological polar surface area (TPSA) is 26.0 Å². The summed E-state index contributed by atoms with van der Waals surface area (Å²) in [4.78, 5) is 0. The van der Waals surface area contributed by atoms with E-state index in [4.69, 9.17) is 40.5 Å². The molecule has 1 aliphatic carbocycles. The first-order valence-electron chi connectivity index (χ1n) is 4.85. The second-order valence-electron chi connectivity index (χ2n) is 4.04. The van der Waals surface area contributed by atoms with Crippen molar-refractivity contribution in [3.05, 3.63) is 33.8 Å². The van der Waals surface area contributed by atoms with E-state index >= 15 is 0 Å². The summed E-state index contributed by atoms with van der Waals surface area (Å²) in [6, 6.07) is 5.72. The van der Waals surface area contributed by atoms with Crippen molar-refractivity contribution in [1.29, 1.82) is 0 Å². The highest BCUT2D eigenvalue weighted by molar-refractivity contribution is 6.42. The minimum atomic E-state index is 0.0377. The normalized spacial score (nSPS) is 29.2. The molecule has 0 saturated heterocycles. The maximum absolute atomic E-state index is 5.99. The van der Waals surface area contributed by atoms with Gasteiger partial charge in [-0.1, -0.05) is 29.3 Å². The van der Waals surface area contributed by atoms with Gasteiger partial charge in [0, 0.05) is 17.8 Å². The van der Waals surface area contributed by atoms with E-state index in [0.717, 1.165) is 12.0 Å². The number of rotatable bonds is 3. The number of hydrogen-bond donors (Lipinski definition) is 1. The summed E-state index contributed by atoms with van der Waals surface area (Å²) in [5, 5.41) is 1.16. The average molecular weight is 265 g/mol. The van der Waals surface area contributed by atoms with Gasteiger partial charge in [-0.15, -0.1) is 11.6 Å². The Kier molecular flexibility index (Phi) is 3.18. The van der Waals surface area contributed by atoms with Crippen LogP contribution in [-0.4, -0.2) is 12.4 Å². The number of benzene rings is 1. The second kappa shape index (κ2) is 4.14. The van der Waals surface area contributed by atoms with Crippen LogP contribution in [0.4, 0.5) is 0 Å². The molecule has 1 aromatic rings. The lowest BCUT2D eigenvalue weighted by Crippen LogP contribution is -2.22. The summed E-state index contributed by atoms with van der Waals surface area (Å²) in [7, 11) is 0. The molecular formula is C11H12Cl3N. The third-order valence-corrected chi connectivity index (χ3v) is 4.39. The molecule has 1 fully saturated rings. The van der Waals surface area contributed by atoms with Gasteiger partial charge < -0.3 is 5.73 Å². The van der Waals surface area contributed by atoms with E-state index in [-0.39, 0.29) is 5.41 Å². The summed E-state index contributed by atoms with van der Waals surface area (Å²) in [5.41, 5.74) is 7.02. The third-order valence-electron chi connectivity index (χ3n) is 3.28. The van der Waals surface area contributed by atoms with E-state index in [1.807, 2.05) is 18.2 Å². The molecular weight excluding hydrogens is 252 g/mol. The van der Waals surface area contributed by atoms with Crippen LogP contribution in [0.5, 0.6) is 0 Å². The smallest absolute Gasteiger partial charge is 0.0595 e. The van der Waals surface area contributed by atoms with Crippen LogP contribution in [0.25, 0.3) is 0 Å². The number of alkyl halides is 1. The Morgan fingerprint density at radius 3 is 2.53 bits per heavy atom. The van der Waals surface area contributed by atoms with Gasteiger partial charge in [-0.3, -0.25) is 0 Å². The molecule has 0 spiro atoms. The zero-order valence-corrected chi connectivity index (χ0v) is 10.4. The number of nitrogens with two attached hydrogens (primary N) is 1. The van der Waals surface area contributed by atoms with Crippen LogP contribution in [0.15, 0.2) is 18.2 Å². The first kappa shape index (κ1) is 11.5. The first-order valence-corrected chi connectivity index (χ1v) is 6.14. The van der Waals surface area contributed by atoms with Gasteiger partial charge in [-0.05, 0) is 30.0 Å². The fraction of sp³-hybridized carbons (Fsp3) is 0.455. The lowest BCUT2D eigenvalue weighted by atomic mass is 9.94. The average Bonchev–Trinajstić information content (AvgIpc) is 2.97. The van der Waals surface area contributed by atoms with Crippen LogP contribution < -0.4 is 5.73 Å². The van der Waals surface area contributed by atoms with Crippen molar-refractivity contribution in [2.45, 2.75) is 11.8 Å². The summed E-state index contributed by atoms with van der Waals surface area (Å²) in [6.45, 7) is 0.613. The minimum absolute atomic E-state index is 0.0377. The third kappa shape index (κ3) is 1.87. The van der Waals surface area contributed by atoms with E-state index in [2.05, 4.69) is 0 Å². The highest BCUT2D eigenvalue weighted by Gasteiger charge is 2.53. The van der Waals surface area contributed by atoms with E-state index < -0.39 is 0 Å². The van der Waals surface area contributed by atoms with Gasteiger partial charge in [-0.2, -0.15) is 0 Å². The molecule has 0 radical (unpaired) electrons.